The van der Waals surface area contributed by atoms with Crippen molar-refractivity contribution in [3.8, 4) is 0 Å². The van der Waals surface area contributed by atoms with Gasteiger partial charge in [0.25, 0.3) is 5.91 Å². The molecule has 0 bridgehead atoms. The van der Waals surface area contributed by atoms with Crippen LogP contribution < -0.4 is 11.1 Å². The highest BCUT2D eigenvalue weighted by molar-refractivity contribution is 6.01. The molecule has 8 nitrogen and oxygen atoms in total. The smallest absolute Gasteiger partial charge is 0.309 e. The Bertz CT molecular complexity index is 840. The summed E-state index contributed by atoms with van der Waals surface area (Å²) < 4.78 is 7.80. The third-order valence-electron chi connectivity index (χ3n) is 7.74. The van der Waals surface area contributed by atoms with E-state index in [1.807, 2.05) is 11.5 Å². The van der Waals surface area contributed by atoms with Crippen LogP contribution in [0.25, 0.3) is 0 Å². The monoisotopic (exact) mass is 488 g/mol. The number of nitrogens with two attached hydrogens (primary N) is 1. The number of rotatable bonds is 12. The molecule has 2 atom stereocenters. The summed E-state index contributed by atoms with van der Waals surface area (Å²) in [5.41, 5.74) is 5.68. The van der Waals surface area contributed by atoms with Crippen molar-refractivity contribution in [3.05, 3.63) is 12.0 Å². The molecule has 3 N–H and O–H groups in total. The molecule has 8 heteroatoms. The number of hydrogen-bond acceptors (Lipinski definition) is 5. The van der Waals surface area contributed by atoms with Gasteiger partial charge in [-0.2, -0.15) is 0 Å². The zero-order valence-corrected chi connectivity index (χ0v) is 21.6. The second-order valence-corrected chi connectivity index (χ2v) is 10.4. The zero-order valence-electron chi connectivity index (χ0n) is 21.6. The summed E-state index contributed by atoms with van der Waals surface area (Å²) in [4.78, 5) is 42.4. The van der Waals surface area contributed by atoms with Crippen LogP contribution >= 0.6 is 0 Å². The number of imidazole rings is 1. The number of nitrogens with zero attached hydrogens (tertiary/aromatic N) is 2. The molecule has 2 saturated carbocycles. The van der Waals surface area contributed by atoms with Gasteiger partial charge in [0.05, 0.1) is 18.3 Å². The predicted octanol–water partition coefficient (Wildman–Crippen LogP) is 5.52. The lowest BCUT2D eigenvalue weighted by Gasteiger charge is -2.30. The van der Waals surface area contributed by atoms with Gasteiger partial charge in [-0.15, -0.1) is 0 Å². The molecule has 3 rings (SSSR count). The van der Waals surface area contributed by atoms with E-state index in [4.69, 9.17) is 10.5 Å². The van der Waals surface area contributed by atoms with E-state index in [0.717, 1.165) is 89.9 Å². The number of esters is 1. The molecule has 0 aliphatic heterocycles. The lowest BCUT2D eigenvalue weighted by atomic mass is 9.88. The first kappa shape index (κ1) is 27.2. The van der Waals surface area contributed by atoms with E-state index in [2.05, 4.69) is 17.2 Å². The number of primary amides is 1. The summed E-state index contributed by atoms with van der Waals surface area (Å²) in [5.74, 6) is -0.698. The Labute approximate surface area is 209 Å². The van der Waals surface area contributed by atoms with E-state index in [-0.39, 0.29) is 35.4 Å². The number of amides is 2. The molecule has 0 radical (unpaired) electrons. The maximum absolute atomic E-state index is 13.1. The quantitative estimate of drug-likeness (QED) is 0.297. The summed E-state index contributed by atoms with van der Waals surface area (Å²) in [6.45, 7) is 4.07. The average Bonchev–Trinajstić information content (AvgIpc) is 3.28. The van der Waals surface area contributed by atoms with Gasteiger partial charge in [-0.25, -0.2) is 4.98 Å². The van der Waals surface area contributed by atoms with Crippen molar-refractivity contribution in [2.45, 2.75) is 122 Å². The number of carbonyl (C=O) groups is 3. The largest absolute Gasteiger partial charge is 0.460 e. The molecular formula is C27H44N4O4. The summed E-state index contributed by atoms with van der Waals surface area (Å²) in [6.07, 6.45) is 16.1. The van der Waals surface area contributed by atoms with Crippen LogP contribution in [0.5, 0.6) is 0 Å². The van der Waals surface area contributed by atoms with Gasteiger partial charge >= 0.3 is 5.97 Å². The number of carbonyl (C=O) groups excluding carboxylic acids is 3. The van der Waals surface area contributed by atoms with Gasteiger partial charge in [-0.3, -0.25) is 14.4 Å². The first-order chi connectivity index (χ1) is 16.9. The number of ether oxygens (including phenoxy) is 1. The summed E-state index contributed by atoms with van der Waals surface area (Å²) in [7, 11) is 0. The fraction of sp³-hybridized carbons (Fsp3) is 0.778. The Morgan fingerprint density at radius 1 is 1.03 bits per heavy atom. The average molecular weight is 489 g/mol. The van der Waals surface area contributed by atoms with E-state index in [0.29, 0.717) is 5.82 Å². The molecule has 0 spiro atoms. The Morgan fingerprint density at radius 2 is 1.66 bits per heavy atom. The van der Waals surface area contributed by atoms with Crippen LogP contribution in [0, 0.1) is 11.8 Å². The molecule has 196 valence electrons. The molecule has 2 fully saturated rings. The van der Waals surface area contributed by atoms with Gasteiger partial charge in [0.2, 0.25) is 5.91 Å². The Kier molecular flexibility index (Phi) is 10.6. The molecule has 1 aromatic rings. The molecule has 2 unspecified atom stereocenters. The normalized spacial score (nSPS) is 19.1. The van der Waals surface area contributed by atoms with Crippen molar-refractivity contribution < 1.29 is 19.1 Å². The Morgan fingerprint density at radius 3 is 2.26 bits per heavy atom. The highest BCUT2D eigenvalue weighted by Crippen LogP contribution is 2.32. The van der Waals surface area contributed by atoms with Crippen LogP contribution in [0.3, 0.4) is 0 Å². The van der Waals surface area contributed by atoms with Gasteiger partial charge in [0.1, 0.15) is 11.9 Å². The first-order valence-corrected chi connectivity index (χ1v) is 13.8. The molecule has 2 aliphatic rings. The van der Waals surface area contributed by atoms with E-state index in [1.165, 1.54) is 6.42 Å². The van der Waals surface area contributed by atoms with Crippen LogP contribution in [0.2, 0.25) is 0 Å². The Balaban J connectivity index is 1.82. The number of anilines is 1. The predicted molar refractivity (Wildman–Crippen MR) is 136 cm³/mol. The maximum Gasteiger partial charge on any atom is 0.309 e. The fourth-order valence-electron chi connectivity index (χ4n) is 5.58. The molecule has 2 aliphatic carbocycles. The molecule has 1 aromatic heterocycles. The highest BCUT2D eigenvalue weighted by Gasteiger charge is 2.32. The molecule has 0 saturated heterocycles. The maximum atomic E-state index is 13.1. The first-order valence-electron chi connectivity index (χ1n) is 13.8. The highest BCUT2D eigenvalue weighted by atomic mass is 16.5. The fourth-order valence-corrected chi connectivity index (χ4v) is 5.58. The number of hydrogen-bond donors (Lipinski definition) is 2. The van der Waals surface area contributed by atoms with E-state index < -0.39 is 12.0 Å². The van der Waals surface area contributed by atoms with E-state index >= 15 is 0 Å². The minimum Gasteiger partial charge on any atom is -0.460 e. The minimum atomic E-state index is -0.681. The van der Waals surface area contributed by atoms with E-state index in [9.17, 15) is 14.4 Å². The molecule has 2 amide bonds. The van der Waals surface area contributed by atoms with Gasteiger partial charge in [-0.05, 0) is 39.0 Å². The van der Waals surface area contributed by atoms with Crippen molar-refractivity contribution in [2.24, 2.45) is 17.6 Å². The lowest BCUT2D eigenvalue weighted by molar-refractivity contribution is -0.156. The van der Waals surface area contributed by atoms with Crippen molar-refractivity contribution >= 4 is 23.6 Å². The lowest BCUT2D eigenvalue weighted by Crippen LogP contribution is -2.33. The van der Waals surface area contributed by atoms with Crippen LogP contribution in [-0.2, 0) is 14.3 Å². The van der Waals surface area contributed by atoms with E-state index in [1.54, 1.807) is 6.33 Å². The SMILES string of the molecule is CCCCCCC(C(C)OC(=O)C1CCCCC1)n1cnc(C(N)=O)c1NC(=O)C1CCCCC1. The standard InChI is InChI=1S/C27H44N4O4/c1-3-4-5-12-17-22(19(2)35-27(34)21-15-10-7-11-16-21)31-18-29-23(24(28)32)25(31)30-26(33)20-13-8-6-9-14-20/h18-22H,3-17H2,1-2H3,(H2,28,32)(H,30,33). The number of unbranched alkanes of at least 4 members (excludes halogenated alkanes) is 3. The van der Waals surface area contributed by atoms with Gasteiger partial charge in [-0.1, -0.05) is 71.1 Å². The van der Waals surface area contributed by atoms with Gasteiger partial charge < -0.3 is 20.4 Å². The molecule has 0 aromatic carbocycles. The topological polar surface area (TPSA) is 116 Å². The van der Waals surface area contributed by atoms with Crippen LogP contribution in [0.1, 0.15) is 127 Å². The second-order valence-electron chi connectivity index (χ2n) is 10.4. The van der Waals surface area contributed by atoms with Gasteiger partial charge in [0, 0.05) is 5.92 Å². The minimum absolute atomic E-state index is 0.0404. The summed E-state index contributed by atoms with van der Waals surface area (Å²) in [6, 6.07) is -0.248. The van der Waals surface area contributed by atoms with Crippen LogP contribution in [0.4, 0.5) is 5.82 Å². The van der Waals surface area contributed by atoms with Gasteiger partial charge in [0.15, 0.2) is 5.69 Å². The Hall–Kier alpha value is -2.38. The summed E-state index contributed by atoms with van der Waals surface area (Å²) >= 11 is 0. The molecule has 1 heterocycles. The second kappa shape index (κ2) is 13.6. The van der Waals surface area contributed by atoms with Crippen molar-refractivity contribution in [1.29, 1.82) is 0 Å². The van der Waals surface area contributed by atoms with Crippen molar-refractivity contribution in [1.82, 2.24) is 9.55 Å². The van der Waals surface area contributed by atoms with Crippen LogP contribution in [0.15, 0.2) is 6.33 Å². The summed E-state index contributed by atoms with van der Waals surface area (Å²) in [5, 5.41) is 2.98. The van der Waals surface area contributed by atoms with Crippen molar-refractivity contribution in [3.63, 3.8) is 0 Å². The molecular weight excluding hydrogens is 444 g/mol. The zero-order chi connectivity index (χ0) is 25.2. The number of nitrogens with one attached hydrogen (secondary N) is 1. The number of aromatic nitrogens is 2. The molecule has 35 heavy (non-hydrogen) atoms. The van der Waals surface area contributed by atoms with Crippen molar-refractivity contribution in [2.75, 3.05) is 5.32 Å². The third-order valence-corrected chi connectivity index (χ3v) is 7.74. The van der Waals surface area contributed by atoms with Crippen LogP contribution in [-0.4, -0.2) is 33.4 Å². The third kappa shape index (κ3) is 7.55.